The highest BCUT2D eigenvalue weighted by molar-refractivity contribution is 9.10. The van der Waals surface area contributed by atoms with E-state index in [4.69, 9.17) is 16.3 Å². The van der Waals surface area contributed by atoms with Crippen molar-refractivity contribution in [1.82, 2.24) is 4.98 Å². The van der Waals surface area contributed by atoms with E-state index in [9.17, 15) is 0 Å². The van der Waals surface area contributed by atoms with Crippen LogP contribution in [0, 0.1) is 0 Å². The molecule has 0 aliphatic rings. The number of rotatable bonds is 3. The third-order valence-corrected chi connectivity index (χ3v) is 3.02. The van der Waals surface area contributed by atoms with E-state index < -0.39 is 0 Å². The Balaban J connectivity index is 2.09. The molecule has 2 nitrogen and oxygen atoms in total. The topological polar surface area (TPSA) is 22.1 Å². The molecule has 0 radical (unpaired) electrons. The Morgan fingerprint density at radius 1 is 1.19 bits per heavy atom. The second-order valence-electron chi connectivity index (χ2n) is 3.17. The van der Waals surface area contributed by atoms with Gasteiger partial charge in [-0.2, -0.15) is 0 Å². The molecule has 0 unspecified atom stereocenters. The maximum absolute atomic E-state index is 6.02. The van der Waals surface area contributed by atoms with E-state index in [1.807, 2.05) is 36.4 Å². The lowest BCUT2D eigenvalue weighted by atomic mass is 10.2. The van der Waals surface area contributed by atoms with Crippen molar-refractivity contribution < 1.29 is 4.74 Å². The van der Waals surface area contributed by atoms with Crippen molar-refractivity contribution in [3.8, 4) is 5.88 Å². The van der Waals surface area contributed by atoms with Crippen molar-refractivity contribution in [2.24, 2.45) is 0 Å². The van der Waals surface area contributed by atoms with E-state index in [2.05, 4.69) is 20.9 Å². The molecule has 0 atom stereocenters. The van der Waals surface area contributed by atoms with Crippen LogP contribution in [0.5, 0.6) is 5.88 Å². The van der Waals surface area contributed by atoms with Crippen LogP contribution in [0.15, 0.2) is 47.1 Å². The standard InChI is InChI=1S/C12H9BrClNO/c13-10-5-3-7-15-12(10)16-8-9-4-1-2-6-11(9)14/h1-7H,8H2. The fourth-order valence-corrected chi connectivity index (χ4v) is 1.80. The normalized spacial score (nSPS) is 10.1. The maximum Gasteiger partial charge on any atom is 0.228 e. The monoisotopic (exact) mass is 297 g/mol. The highest BCUT2D eigenvalue weighted by atomic mass is 79.9. The second-order valence-corrected chi connectivity index (χ2v) is 4.43. The zero-order valence-corrected chi connectivity index (χ0v) is 10.7. The number of ether oxygens (including phenoxy) is 1. The highest BCUT2D eigenvalue weighted by Crippen LogP contribution is 2.23. The van der Waals surface area contributed by atoms with Crippen LogP contribution in [-0.4, -0.2) is 4.98 Å². The van der Waals surface area contributed by atoms with Gasteiger partial charge >= 0.3 is 0 Å². The molecule has 0 bridgehead atoms. The maximum atomic E-state index is 6.02. The molecule has 0 amide bonds. The molecule has 16 heavy (non-hydrogen) atoms. The fourth-order valence-electron chi connectivity index (χ4n) is 1.24. The molecular formula is C12H9BrClNO. The van der Waals surface area contributed by atoms with Gasteiger partial charge in [0.25, 0.3) is 0 Å². The first-order chi connectivity index (χ1) is 7.77. The summed E-state index contributed by atoms with van der Waals surface area (Å²) >= 11 is 9.39. The van der Waals surface area contributed by atoms with Gasteiger partial charge < -0.3 is 4.74 Å². The largest absolute Gasteiger partial charge is 0.472 e. The molecule has 2 rings (SSSR count). The summed E-state index contributed by atoms with van der Waals surface area (Å²) < 4.78 is 6.40. The molecule has 0 N–H and O–H groups in total. The average molecular weight is 299 g/mol. The van der Waals surface area contributed by atoms with Crippen molar-refractivity contribution in [1.29, 1.82) is 0 Å². The van der Waals surface area contributed by atoms with E-state index in [0.29, 0.717) is 17.5 Å². The van der Waals surface area contributed by atoms with Crippen molar-refractivity contribution in [2.45, 2.75) is 6.61 Å². The van der Waals surface area contributed by atoms with Crippen LogP contribution in [0.1, 0.15) is 5.56 Å². The molecule has 1 heterocycles. The molecule has 1 aromatic carbocycles. The van der Waals surface area contributed by atoms with Gasteiger partial charge in [0.05, 0.1) is 4.47 Å². The lowest BCUT2D eigenvalue weighted by molar-refractivity contribution is 0.292. The number of hydrogen-bond acceptors (Lipinski definition) is 2. The van der Waals surface area contributed by atoms with Crippen LogP contribution in [0.3, 0.4) is 0 Å². The summed E-state index contributed by atoms with van der Waals surface area (Å²) in [7, 11) is 0. The highest BCUT2D eigenvalue weighted by Gasteiger charge is 2.03. The fraction of sp³-hybridized carbons (Fsp3) is 0.0833. The molecule has 4 heteroatoms. The zero-order chi connectivity index (χ0) is 11.4. The van der Waals surface area contributed by atoms with Gasteiger partial charge in [-0.15, -0.1) is 0 Å². The number of halogens is 2. The Kier molecular flexibility index (Phi) is 3.80. The molecule has 0 saturated carbocycles. The van der Waals surface area contributed by atoms with Crippen molar-refractivity contribution in [2.75, 3.05) is 0 Å². The molecule has 0 saturated heterocycles. The Morgan fingerprint density at radius 3 is 2.75 bits per heavy atom. The Hall–Kier alpha value is -1.06. The van der Waals surface area contributed by atoms with Crippen molar-refractivity contribution in [3.05, 3.63) is 57.7 Å². The minimum absolute atomic E-state index is 0.412. The van der Waals surface area contributed by atoms with Crippen LogP contribution in [0.4, 0.5) is 0 Å². The van der Waals surface area contributed by atoms with E-state index in [1.165, 1.54) is 0 Å². The summed E-state index contributed by atoms with van der Waals surface area (Å²) in [6.45, 7) is 0.412. The molecule has 0 aliphatic carbocycles. The van der Waals surface area contributed by atoms with E-state index >= 15 is 0 Å². The number of aromatic nitrogens is 1. The summed E-state index contributed by atoms with van der Waals surface area (Å²) in [5.41, 5.74) is 0.946. The first-order valence-corrected chi connectivity index (χ1v) is 5.91. The Morgan fingerprint density at radius 2 is 2.00 bits per heavy atom. The Bertz CT molecular complexity index is 444. The molecule has 2 aromatic rings. The van der Waals surface area contributed by atoms with E-state index in [0.717, 1.165) is 10.0 Å². The number of hydrogen-bond donors (Lipinski definition) is 0. The number of nitrogens with zero attached hydrogens (tertiary/aromatic N) is 1. The van der Waals surface area contributed by atoms with Crippen LogP contribution < -0.4 is 4.74 Å². The summed E-state index contributed by atoms with van der Waals surface area (Å²) in [5.74, 6) is 0.572. The summed E-state index contributed by atoms with van der Waals surface area (Å²) in [4.78, 5) is 4.11. The second kappa shape index (κ2) is 5.32. The molecule has 82 valence electrons. The quantitative estimate of drug-likeness (QED) is 0.852. The first-order valence-electron chi connectivity index (χ1n) is 4.74. The van der Waals surface area contributed by atoms with Gasteiger partial charge in [-0.25, -0.2) is 4.98 Å². The number of benzene rings is 1. The molecule has 0 aliphatic heterocycles. The Labute approximate surface area is 107 Å². The third kappa shape index (κ3) is 2.74. The predicted octanol–water partition coefficient (Wildman–Crippen LogP) is 4.08. The van der Waals surface area contributed by atoms with Crippen molar-refractivity contribution >= 4 is 27.5 Å². The minimum atomic E-state index is 0.412. The SMILES string of the molecule is Clc1ccccc1COc1ncccc1Br. The van der Waals surface area contributed by atoms with Crippen LogP contribution in [0.25, 0.3) is 0 Å². The van der Waals surface area contributed by atoms with E-state index in [-0.39, 0.29) is 0 Å². The molecule has 0 spiro atoms. The first kappa shape index (κ1) is 11.4. The smallest absolute Gasteiger partial charge is 0.228 e. The van der Waals surface area contributed by atoms with Crippen LogP contribution in [0.2, 0.25) is 5.02 Å². The number of pyridine rings is 1. The minimum Gasteiger partial charge on any atom is -0.472 e. The van der Waals surface area contributed by atoms with Crippen molar-refractivity contribution in [3.63, 3.8) is 0 Å². The van der Waals surface area contributed by atoms with Gasteiger partial charge in [0.15, 0.2) is 0 Å². The molecule has 0 fully saturated rings. The summed E-state index contributed by atoms with van der Waals surface area (Å²) in [6.07, 6.45) is 1.69. The van der Waals surface area contributed by atoms with Gasteiger partial charge in [0.1, 0.15) is 6.61 Å². The van der Waals surface area contributed by atoms with Gasteiger partial charge in [-0.05, 0) is 34.1 Å². The lowest BCUT2D eigenvalue weighted by Crippen LogP contribution is -1.98. The lowest BCUT2D eigenvalue weighted by Gasteiger charge is -2.07. The third-order valence-electron chi connectivity index (χ3n) is 2.05. The van der Waals surface area contributed by atoms with Gasteiger partial charge in [-0.3, -0.25) is 0 Å². The van der Waals surface area contributed by atoms with Gasteiger partial charge in [0, 0.05) is 16.8 Å². The van der Waals surface area contributed by atoms with Crippen LogP contribution >= 0.6 is 27.5 Å². The predicted molar refractivity (Wildman–Crippen MR) is 67.7 cm³/mol. The van der Waals surface area contributed by atoms with Gasteiger partial charge in [0.2, 0.25) is 5.88 Å². The molecule has 1 aromatic heterocycles. The molecular weight excluding hydrogens is 289 g/mol. The summed E-state index contributed by atoms with van der Waals surface area (Å²) in [6, 6.07) is 11.3. The van der Waals surface area contributed by atoms with Crippen LogP contribution in [-0.2, 0) is 6.61 Å². The summed E-state index contributed by atoms with van der Waals surface area (Å²) in [5, 5.41) is 0.703. The van der Waals surface area contributed by atoms with Gasteiger partial charge in [-0.1, -0.05) is 29.8 Å². The average Bonchev–Trinajstić information content (AvgIpc) is 2.30. The zero-order valence-electron chi connectivity index (χ0n) is 8.36. The van der Waals surface area contributed by atoms with E-state index in [1.54, 1.807) is 6.20 Å².